The van der Waals surface area contributed by atoms with E-state index in [0.29, 0.717) is 25.2 Å². The van der Waals surface area contributed by atoms with Crippen molar-refractivity contribution in [3.63, 3.8) is 0 Å². The Kier molecular flexibility index (Phi) is 5.82. The Bertz CT molecular complexity index is 837. The smallest absolute Gasteiger partial charge is 0.309 e. The van der Waals surface area contributed by atoms with Crippen molar-refractivity contribution in [1.82, 2.24) is 0 Å². The van der Waals surface area contributed by atoms with Gasteiger partial charge in [-0.3, -0.25) is 4.79 Å². The second-order valence-electron chi connectivity index (χ2n) is 6.76. The van der Waals surface area contributed by atoms with E-state index in [4.69, 9.17) is 18.9 Å². The monoisotopic (exact) mass is 388 g/mol. The lowest BCUT2D eigenvalue weighted by Gasteiger charge is -2.17. The topological polar surface area (TPSA) is 94.5 Å². The Balaban J connectivity index is 1.80. The van der Waals surface area contributed by atoms with Gasteiger partial charge in [-0.1, -0.05) is 6.07 Å². The van der Waals surface area contributed by atoms with Gasteiger partial charge in [0, 0.05) is 5.92 Å². The van der Waals surface area contributed by atoms with E-state index in [0.717, 1.165) is 11.1 Å². The average Bonchev–Trinajstić information content (AvgIpc) is 3.02. The first kappa shape index (κ1) is 19.7. The van der Waals surface area contributed by atoms with Gasteiger partial charge in [0.25, 0.3) is 0 Å². The molecule has 2 N–H and O–H groups in total. The van der Waals surface area contributed by atoms with Crippen LogP contribution < -0.4 is 14.2 Å². The number of cyclic esters (lactones) is 1. The number of aromatic hydroxyl groups is 2. The molecule has 0 radical (unpaired) electrons. The second-order valence-corrected chi connectivity index (χ2v) is 6.76. The lowest BCUT2D eigenvalue weighted by atomic mass is 9.85. The predicted molar refractivity (Wildman–Crippen MR) is 101 cm³/mol. The predicted octanol–water partition coefficient (Wildman–Crippen LogP) is 2.70. The molecule has 0 bridgehead atoms. The number of phenols is 2. The fourth-order valence-electron chi connectivity index (χ4n) is 3.54. The number of hydrogen-bond donors (Lipinski definition) is 2. The molecule has 1 fully saturated rings. The molecule has 3 rings (SSSR count). The molecule has 150 valence electrons. The van der Waals surface area contributed by atoms with Crippen LogP contribution in [-0.2, 0) is 22.4 Å². The molecule has 2 aromatic rings. The van der Waals surface area contributed by atoms with Crippen LogP contribution in [0.3, 0.4) is 0 Å². The molecule has 1 saturated heterocycles. The molecule has 0 amide bonds. The SMILES string of the molecule is COc1ccc(C[C@H]2COC(=O)[C@@H]2Cc2cc(OC)c(O)c(OC)c2)cc1O. The Hall–Kier alpha value is -3.09. The molecular formula is C21H24O7. The van der Waals surface area contributed by atoms with Crippen molar-refractivity contribution in [3.8, 4) is 28.7 Å². The normalized spacial score (nSPS) is 18.6. The van der Waals surface area contributed by atoms with Crippen LogP contribution in [0.2, 0.25) is 0 Å². The Morgan fingerprint density at radius 2 is 1.57 bits per heavy atom. The largest absolute Gasteiger partial charge is 0.504 e. The van der Waals surface area contributed by atoms with Crippen molar-refractivity contribution >= 4 is 5.97 Å². The summed E-state index contributed by atoms with van der Waals surface area (Å²) in [4.78, 5) is 12.3. The fraction of sp³-hybridized carbons (Fsp3) is 0.381. The number of rotatable bonds is 7. The zero-order chi connectivity index (χ0) is 20.3. The molecule has 0 unspecified atom stereocenters. The molecule has 7 nitrogen and oxygen atoms in total. The molecule has 0 aromatic heterocycles. The van der Waals surface area contributed by atoms with E-state index in [1.807, 2.05) is 6.07 Å². The van der Waals surface area contributed by atoms with E-state index in [-0.39, 0.29) is 40.8 Å². The number of methoxy groups -OCH3 is 3. The van der Waals surface area contributed by atoms with Gasteiger partial charge in [-0.15, -0.1) is 0 Å². The van der Waals surface area contributed by atoms with Gasteiger partial charge >= 0.3 is 5.97 Å². The summed E-state index contributed by atoms with van der Waals surface area (Å²) in [6, 6.07) is 8.60. The van der Waals surface area contributed by atoms with Crippen LogP contribution in [0.25, 0.3) is 0 Å². The standard InChI is InChI=1S/C21H24O7/c1-25-17-5-4-12(8-16(17)22)6-14-11-28-21(24)15(14)7-13-9-18(26-2)20(23)19(10-13)27-3/h4-5,8-10,14-15,22-23H,6-7,11H2,1-3H3/t14-,15+/m0/s1. The maximum absolute atomic E-state index is 12.3. The van der Waals surface area contributed by atoms with Crippen LogP contribution >= 0.6 is 0 Å². The zero-order valence-electron chi connectivity index (χ0n) is 16.1. The zero-order valence-corrected chi connectivity index (χ0v) is 16.1. The van der Waals surface area contributed by atoms with E-state index in [1.165, 1.54) is 21.3 Å². The summed E-state index contributed by atoms with van der Waals surface area (Å²) in [7, 11) is 4.41. The summed E-state index contributed by atoms with van der Waals surface area (Å²) in [6.07, 6.45) is 1.01. The lowest BCUT2D eigenvalue weighted by molar-refractivity contribution is -0.141. The highest BCUT2D eigenvalue weighted by atomic mass is 16.5. The summed E-state index contributed by atoms with van der Waals surface area (Å²) in [5, 5.41) is 20.1. The minimum atomic E-state index is -0.344. The van der Waals surface area contributed by atoms with E-state index in [1.54, 1.807) is 24.3 Å². The molecule has 1 heterocycles. The third kappa shape index (κ3) is 3.93. The first-order valence-electron chi connectivity index (χ1n) is 8.93. The Morgan fingerprint density at radius 1 is 0.929 bits per heavy atom. The van der Waals surface area contributed by atoms with Gasteiger partial charge in [0.15, 0.2) is 23.0 Å². The van der Waals surface area contributed by atoms with Gasteiger partial charge < -0.3 is 29.2 Å². The molecular weight excluding hydrogens is 364 g/mol. The van der Waals surface area contributed by atoms with E-state index in [9.17, 15) is 15.0 Å². The van der Waals surface area contributed by atoms with E-state index in [2.05, 4.69) is 0 Å². The summed E-state index contributed by atoms with van der Waals surface area (Å²) in [5.74, 6) is 0.336. The molecule has 2 atom stereocenters. The Labute approximate surface area is 163 Å². The third-order valence-corrected chi connectivity index (χ3v) is 5.05. The summed E-state index contributed by atoms with van der Waals surface area (Å²) in [5.41, 5.74) is 1.70. The van der Waals surface area contributed by atoms with Crippen molar-refractivity contribution in [2.24, 2.45) is 11.8 Å². The number of hydrogen-bond acceptors (Lipinski definition) is 7. The molecule has 1 aliphatic heterocycles. The van der Waals surface area contributed by atoms with Gasteiger partial charge in [-0.2, -0.15) is 0 Å². The number of ether oxygens (including phenoxy) is 4. The van der Waals surface area contributed by atoms with Crippen LogP contribution in [0.1, 0.15) is 11.1 Å². The van der Waals surface area contributed by atoms with Crippen LogP contribution in [0.4, 0.5) is 0 Å². The number of esters is 1. The average molecular weight is 388 g/mol. The molecule has 0 spiro atoms. The number of benzene rings is 2. The van der Waals surface area contributed by atoms with Gasteiger partial charge in [-0.05, 0) is 48.2 Å². The van der Waals surface area contributed by atoms with Gasteiger partial charge in [-0.25, -0.2) is 0 Å². The van der Waals surface area contributed by atoms with Gasteiger partial charge in [0.2, 0.25) is 5.75 Å². The third-order valence-electron chi connectivity index (χ3n) is 5.05. The minimum Gasteiger partial charge on any atom is -0.504 e. The highest BCUT2D eigenvalue weighted by Gasteiger charge is 2.37. The number of phenolic OH excluding ortho intramolecular Hbond substituents is 2. The molecule has 2 aromatic carbocycles. The molecule has 7 heteroatoms. The summed E-state index contributed by atoms with van der Waals surface area (Å²) >= 11 is 0. The van der Waals surface area contributed by atoms with E-state index >= 15 is 0 Å². The maximum Gasteiger partial charge on any atom is 0.309 e. The number of carbonyl (C=O) groups is 1. The first-order valence-corrected chi connectivity index (χ1v) is 8.93. The summed E-state index contributed by atoms with van der Waals surface area (Å²) < 4.78 is 20.7. The molecule has 28 heavy (non-hydrogen) atoms. The van der Waals surface area contributed by atoms with Crippen LogP contribution in [0.15, 0.2) is 30.3 Å². The van der Waals surface area contributed by atoms with E-state index < -0.39 is 0 Å². The molecule has 1 aliphatic rings. The highest BCUT2D eigenvalue weighted by Crippen LogP contribution is 2.39. The van der Waals surface area contributed by atoms with Crippen molar-refractivity contribution < 1.29 is 34.0 Å². The minimum absolute atomic E-state index is 0.0360. The summed E-state index contributed by atoms with van der Waals surface area (Å²) in [6.45, 7) is 0.322. The van der Waals surface area contributed by atoms with Crippen molar-refractivity contribution in [3.05, 3.63) is 41.5 Å². The lowest BCUT2D eigenvalue weighted by Crippen LogP contribution is -2.20. The Morgan fingerprint density at radius 3 is 2.14 bits per heavy atom. The van der Waals surface area contributed by atoms with Crippen LogP contribution in [0.5, 0.6) is 28.7 Å². The van der Waals surface area contributed by atoms with Crippen molar-refractivity contribution in [1.29, 1.82) is 0 Å². The highest BCUT2D eigenvalue weighted by molar-refractivity contribution is 5.75. The van der Waals surface area contributed by atoms with Gasteiger partial charge in [0.1, 0.15) is 0 Å². The van der Waals surface area contributed by atoms with Crippen LogP contribution in [-0.4, -0.2) is 44.1 Å². The van der Waals surface area contributed by atoms with Gasteiger partial charge in [0.05, 0.1) is 33.9 Å². The van der Waals surface area contributed by atoms with Crippen molar-refractivity contribution in [2.45, 2.75) is 12.8 Å². The maximum atomic E-state index is 12.3. The van der Waals surface area contributed by atoms with Crippen molar-refractivity contribution in [2.75, 3.05) is 27.9 Å². The first-order chi connectivity index (χ1) is 13.5. The molecule has 0 saturated carbocycles. The number of carbonyl (C=O) groups excluding carboxylic acids is 1. The molecule has 0 aliphatic carbocycles. The van der Waals surface area contributed by atoms with Crippen LogP contribution in [0, 0.1) is 11.8 Å². The fourth-order valence-corrected chi connectivity index (χ4v) is 3.54. The second kappa shape index (κ2) is 8.29. The quantitative estimate of drug-likeness (QED) is 0.704.